The van der Waals surface area contributed by atoms with Gasteiger partial charge in [0, 0.05) is 19.1 Å². The van der Waals surface area contributed by atoms with E-state index in [2.05, 4.69) is 24.1 Å². The average Bonchev–Trinajstić information content (AvgIpc) is 2.36. The number of hydrogen-bond donors (Lipinski definition) is 1. The van der Waals surface area contributed by atoms with Crippen molar-refractivity contribution < 1.29 is 9.53 Å². The second kappa shape index (κ2) is 8.35. The lowest BCUT2D eigenvalue weighted by atomic mass is 9.92. The Balaban J connectivity index is 2.43. The van der Waals surface area contributed by atoms with Crippen molar-refractivity contribution in [2.75, 3.05) is 26.2 Å². The molecule has 1 fully saturated rings. The van der Waals surface area contributed by atoms with E-state index in [0.29, 0.717) is 12.5 Å². The Morgan fingerprint density at radius 3 is 2.72 bits per heavy atom. The third-order valence-electron chi connectivity index (χ3n) is 3.62. The molecule has 1 amide bonds. The molecule has 2 unspecified atom stereocenters. The van der Waals surface area contributed by atoms with Crippen molar-refractivity contribution in [3.8, 4) is 0 Å². The molecular formula is C14H28N2O2. The number of piperidine rings is 1. The summed E-state index contributed by atoms with van der Waals surface area (Å²) < 4.78 is 4.96. The van der Waals surface area contributed by atoms with Crippen LogP contribution in [0.15, 0.2) is 0 Å². The number of rotatable bonds is 6. The van der Waals surface area contributed by atoms with E-state index in [4.69, 9.17) is 4.74 Å². The van der Waals surface area contributed by atoms with Crippen LogP contribution in [0.1, 0.15) is 46.5 Å². The molecule has 4 heteroatoms. The first-order chi connectivity index (χ1) is 8.69. The lowest BCUT2D eigenvalue weighted by Crippen LogP contribution is -2.51. The van der Waals surface area contributed by atoms with Gasteiger partial charge in [-0.15, -0.1) is 0 Å². The molecule has 0 aromatic carbocycles. The monoisotopic (exact) mass is 256 g/mol. The molecule has 2 atom stereocenters. The highest BCUT2D eigenvalue weighted by Gasteiger charge is 2.27. The highest BCUT2D eigenvalue weighted by Crippen LogP contribution is 2.20. The van der Waals surface area contributed by atoms with E-state index in [-0.39, 0.29) is 12.1 Å². The van der Waals surface area contributed by atoms with Gasteiger partial charge in [-0.05, 0) is 32.2 Å². The van der Waals surface area contributed by atoms with Crippen molar-refractivity contribution in [1.29, 1.82) is 0 Å². The van der Waals surface area contributed by atoms with Crippen LogP contribution in [0.2, 0.25) is 0 Å². The summed E-state index contributed by atoms with van der Waals surface area (Å²) in [5.74, 6) is 0.697. The summed E-state index contributed by atoms with van der Waals surface area (Å²) in [7, 11) is 0. The number of nitrogens with zero attached hydrogens (tertiary/aromatic N) is 1. The zero-order chi connectivity index (χ0) is 13.4. The Morgan fingerprint density at radius 2 is 2.11 bits per heavy atom. The van der Waals surface area contributed by atoms with E-state index in [0.717, 1.165) is 19.5 Å². The minimum absolute atomic E-state index is 0.250. The molecule has 1 aliphatic rings. The maximum Gasteiger partial charge on any atom is 0.407 e. The molecule has 0 bridgehead atoms. The summed E-state index contributed by atoms with van der Waals surface area (Å²) in [4.78, 5) is 14.0. The van der Waals surface area contributed by atoms with E-state index in [9.17, 15) is 4.79 Å². The molecule has 0 aromatic rings. The van der Waals surface area contributed by atoms with Crippen LogP contribution >= 0.6 is 0 Å². The van der Waals surface area contributed by atoms with Crippen molar-refractivity contribution in [3.05, 3.63) is 0 Å². The predicted molar refractivity (Wildman–Crippen MR) is 73.7 cm³/mol. The Kier molecular flexibility index (Phi) is 7.09. The van der Waals surface area contributed by atoms with E-state index in [1.54, 1.807) is 0 Å². The van der Waals surface area contributed by atoms with Crippen molar-refractivity contribution in [2.24, 2.45) is 5.92 Å². The predicted octanol–water partition coefficient (Wildman–Crippen LogP) is 2.63. The van der Waals surface area contributed by atoms with Gasteiger partial charge in [-0.3, -0.25) is 0 Å². The Hall–Kier alpha value is -0.770. The van der Waals surface area contributed by atoms with E-state index >= 15 is 0 Å². The molecule has 0 spiro atoms. The van der Waals surface area contributed by atoms with Crippen molar-refractivity contribution in [2.45, 2.75) is 52.5 Å². The second-order valence-corrected chi connectivity index (χ2v) is 5.18. The van der Waals surface area contributed by atoms with Gasteiger partial charge in [0.05, 0.1) is 6.61 Å². The summed E-state index contributed by atoms with van der Waals surface area (Å²) >= 11 is 0. The Bertz CT molecular complexity index is 246. The van der Waals surface area contributed by atoms with Gasteiger partial charge >= 0.3 is 6.09 Å². The van der Waals surface area contributed by atoms with Gasteiger partial charge in [-0.25, -0.2) is 4.79 Å². The Labute approximate surface area is 111 Å². The van der Waals surface area contributed by atoms with Crippen LogP contribution in [0.4, 0.5) is 4.79 Å². The van der Waals surface area contributed by atoms with Gasteiger partial charge in [0.1, 0.15) is 0 Å². The van der Waals surface area contributed by atoms with E-state index in [1.807, 2.05) is 6.92 Å². The fourth-order valence-electron chi connectivity index (χ4n) is 2.61. The zero-order valence-corrected chi connectivity index (χ0v) is 12.1. The van der Waals surface area contributed by atoms with E-state index in [1.165, 1.54) is 25.8 Å². The molecule has 1 aliphatic heterocycles. The maximum absolute atomic E-state index is 11.5. The molecule has 0 aliphatic carbocycles. The first kappa shape index (κ1) is 15.3. The molecule has 0 saturated carbocycles. The highest BCUT2D eigenvalue weighted by molar-refractivity contribution is 5.67. The molecule has 4 nitrogen and oxygen atoms in total. The first-order valence-corrected chi connectivity index (χ1v) is 7.35. The summed E-state index contributed by atoms with van der Waals surface area (Å²) in [6.07, 6.45) is 4.46. The van der Waals surface area contributed by atoms with Gasteiger partial charge in [-0.1, -0.05) is 26.7 Å². The molecule has 1 saturated heterocycles. The average molecular weight is 256 g/mol. The van der Waals surface area contributed by atoms with Crippen LogP contribution < -0.4 is 5.32 Å². The van der Waals surface area contributed by atoms with Crippen LogP contribution in [0.5, 0.6) is 0 Å². The van der Waals surface area contributed by atoms with Gasteiger partial charge in [0.15, 0.2) is 0 Å². The summed E-state index contributed by atoms with van der Waals surface area (Å²) in [6.45, 7) is 10.0. The summed E-state index contributed by atoms with van der Waals surface area (Å²) in [5.41, 5.74) is 0. The van der Waals surface area contributed by atoms with Crippen LogP contribution in [-0.2, 0) is 4.74 Å². The number of ether oxygens (including phenoxy) is 1. The number of unbranched alkanes of at least 4 members (excludes halogenated alkanes) is 1. The second-order valence-electron chi connectivity index (χ2n) is 5.18. The third kappa shape index (κ3) is 5.25. The SMILES string of the molecule is CCCCN1CC(CC)CC(NC(=O)OCC)C1. The number of amides is 1. The lowest BCUT2D eigenvalue weighted by molar-refractivity contribution is 0.115. The van der Waals surface area contributed by atoms with E-state index < -0.39 is 0 Å². The minimum Gasteiger partial charge on any atom is -0.450 e. The third-order valence-corrected chi connectivity index (χ3v) is 3.62. The van der Waals surface area contributed by atoms with Crippen molar-refractivity contribution >= 4 is 6.09 Å². The van der Waals surface area contributed by atoms with Gasteiger partial charge < -0.3 is 15.0 Å². The summed E-state index contributed by atoms with van der Waals surface area (Å²) in [5, 5.41) is 2.99. The smallest absolute Gasteiger partial charge is 0.407 e. The molecule has 0 aromatic heterocycles. The topological polar surface area (TPSA) is 41.6 Å². The van der Waals surface area contributed by atoms with Crippen molar-refractivity contribution in [3.63, 3.8) is 0 Å². The number of nitrogens with one attached hydrogen (secondary N) is 1. The number of carbonyl (C=O) groups excluding carboxylic acids is 1. The quantitative estimate of drug-likeness (QED) is 0.794. The van der Waals surface area contributed by atoms with Crippen LogP contribution in [-0.4, -0.2) is 43.3 Å². The Morgan fingerprint density at radius 1 is 1.33 bits per heavy atom. The van der Waals surface area contributed by atoms with Gasteiger partial charge in [0.2, 0.25) is 0 Å². The first-order valence-electron chi connectivity index (χ1n) is 7.35. The number of hydrogen-bond acceptors (Lipinski definition) is 3. The van der Waals surface area contributed by atoms with Crippen molar-refractivity contribution in [1.82, 2.24) is 10.2 Å². The van der Waals surface area contributed by atoms with Crippen LogP contribution in [0, 0.1) is 5.92 Å². The largest absolute Gasteiger partial charge is 0.450 e. The fraction of sp³-hybridized carbons (Fsp3) is 0.929. The van der Waals surface area contributed by atoms with Gasteiger partial charge in [-0.2, -0.15) is 0 Å². The zero-order valence-electron chi connectivity index (χ0n) is 12.1. The van der Waals surface area contributed by atoms with Crippen LogP contribution in [0.25, 0.3) is 0 Å². The lowest BCUT2D eigenvalue weighted by Gasteiger charge is -2.37. The summed E-state index contributed by atoms with van der Waals surface area (Å²) in [6, 6.07) is 0.250. The fourth-order valence-corrected chi connectivity index (χ4v) is 2.61. The molecular weight excluding hydrogens is 228 g/mol. The molecule has 1 heterocycles. The van der Waals surface area contributed by atoms with Crippen LogP contribution in [0.3, 0.4) is 0 Å². The molecule has 106 valence electrons. The molecule has 1 N–H and O–H groups in total. The number of alkyl carbamates (subject to hydrolysis) is 1. The molecule has 1 rings (SSSR count). The van der Waals surface area contributed by atoms with Gasteiger partial charge in [0.25, 0.3) is 0 Å². The number of likely N-dealkylation sites (tertiary alicyclic amines) is 1. The number of carbonyl (C=O) groups is 1. The molecule has 0 radical (unpaired) electrons. The normalized spacial score (nSPS) is 24.8. The minimum atomic E-state index is -0.269. The standard InChI is InChI=1S/C14H28N2O2/c1-4-7-8-16-10-12(5-2)9-13(11-16)15-14(17)18-6-3/h12-13H,4-11H2,1-3H3,(H,15,17). The highest BCUT2D eigenvalue weighted by atomic mass is 16.5. The molecule has 18 heavy (non-hydrogen) atoms. The maximum atomic E-state index is 11.5.